The molecule has 0 unspecified atom stereocenters. The Morgan fingerprint density at radius 2 is 2.00 bits per heavy atom. The molecule has 2 rings (SSSR count). The molecule has 23 heavy (non-hydrogen) atoms. The lowest BCUT2D eigenvalue weighted by Crippen LogP contribution is -2.35. The van der Waals surface area contributed by atoms with Crippen molar-refractivity contribution >= 4 is 21.5 Å². The number of aromatic amines is 1. The molecule has 0 saturated carbocycles. The van der Waals surface area contributed by atoms with Crippen LogP contribution in [0.2, 0.25) is 0 Å². The van der Waals surface area contributed by atoms with E-state index in [-0.39, 0.29) is 17.8 Å². The summed E-state index contributed by atoms with van der Waals surface area (Å²) < 4.78 is 52.3. The molecular weight excluding hydrogens is 328 g/mol. The number of aromatic nitrogens is 1. The van der Waals surface area contributed by atoms with E-state index in [1.165, 1.54) is 18.5 Å². The number of hydrogen-bond acceptors (Lipinski definition) is 4. The Kier molecular flexibility index (Phi) is 4.81. The van der Waals surface area contributed by atoms with Gasteiger partial charge in [-0.1, -0.05) is 0 Å². The summed E-state index contributed by atoms with van der Waals surface area (Å²) in [6.07, 6.45) is 3.71. The molecule has 9 heteroatoms. The van der Waals surface area contributed by atoms with E-state index in [1.807, 2.05) is 0 Å². The summed E-state index contributed by atoms with van der Waals surface area (Å²) in [5, 5.41) is 0. The van der Waals surface area contributed by atoms with Gasteiger partial charge in [-0.05, 0) is 25.1 Å². The van der Waals surface area contributed by atoms with E-state index >= 15 is 0 Å². The minimum absolute atomic E-state index is 0.0245. The number of carbonyl (C=O) groups excluding carboxylic acids is 1. The van der Waals surface area contributed by atoms with Crippen LogP contribution in [0.4, 0.5) is 14.5 Å². The van der Waals surface area contributed by atoms with Crippen LogP contribution in [0.5, 0.6) is 0 Å². The number of sulfonamides is 1. The molecule has 2 N–H and O–H groups in total. The molecule has 0 saturated heterocycles. The largest absolute Gasteiger partial charge is 0.367 e. The third-order valence-corrected chi connectivity index (χ3v) is 4.26. The zero-order valence-electron chi connectivity index (χ0n) is 12.4. The molecule has 0 aliphatic rings. The van der Waals surface area contributed by atoms with Gasteiger partial charge in [-0.25, -0.2) is 17.2 Å². The molecule has 0 aliphatic carbocycles. The van der Waals surface area contributed by atoms with Crippen molar-refractivity contribution in [2.45, 2.75) is 6.92 Å². The first-order valence-corrected chi connectivity index (χ1v) is 8.50. The summed E-state index contributed by atoms with van der Waals surface area (Å²) in [7, 11) is -3.64. The summed E-state index contributed by atoms with van der Waals surface area (Å²) in [5.74, 6) is -3.02. The van der Waals surface area contributed by atoms with E-state index in [4.69, 9.17) is 0 Å². The molecule has 6 nitrogen and oxygen atoms in total. The lowest BCUT2D eigenvalue weighted by Gasteiger charge is -2.21. The number of ketones is 1. The Hall–Kier alpha value is -2.26. The number of hydrazine groups is 1. The first-order chi connectivity index (χ1) is 10.8. The Morgan fingerprint density at radius 3 is 2.52 bits per heavy atom. The van der Waals surface area contributed by atoms with Crippen molar-refractivity contribution < 1.29 is 22.0 Å². The SMILES string of the molecule is CCN(Nc1ccc(F)c(C(=O)c2cc[nH]c2)c1F)S(C)(=O)=O. The van der Waals surface area contributed by atoms with Crippen LogP contribution in [-0.4, -0.2) is 36.4 Å². The molecule has 0 atom stereocenters. The molecule has 0 fully saturated rings. The number of H-pyrrole nitrogens is 1. The third kappa shape index (κ3) is 3.57. The molecular formula is C14H15F2N3O3S. The average Bonchev–Trinajstić information content (AvgIpc) is 2.99. The van der Waals surface area contributed by atoms with Crippen molar-refractivity contribution in [1.82, 2.24) is 9.40 Å². The second-order valence-corrected chi connectivity index (χ2v) is 6.66. The van der Waals surface area contributed by atoms with Crippen molar-refractivity contribution in [3.63, 3.8) is 0 Å². The van der Waals surface area contributed by atoms with Gasteiger partial charge in [0.1, 0.15) is 5.82 Å². The normalized spacial score (nSPS) is 11.7. The molecule has 0 aliphatic heterocycles. The van der Waals surface area contributed by atoms with Crippen molar-refractivity contribution in [2.24, 2.45) is 0 Å². The standard InChI is InChI=1S/C14H15F2N3O3S/c1-3-19(23(2,21)22)18-11-5-4-10(15)12(13(11)16)14(20)9-6-7-17-8-9/h4-8,17-18H,3H2,1-2H3. The molecule has 1 aromatic heterocycles. The second kappa shape index (κ2) is 6.47. The maximum absolute atomic E-state index is 14.5. The lowest BCUT2D eigenvalue weighted by atomic mass is 10.0. The van der Waals surface area contributed by atoms with E-state index in [1.54, 1.807) is 6.92 Å². The topological polar surface area (TPSA) is 82.3 Å². The summed E-state index contributed by atoms with van der Waals surface area (Å²) >= 11 is 0. The van der Waals surface area contributed by atoms with Gasteiger partial charge >= 0.3 is 0 Å². The van der Waals surface area contributed by atoms with Crippen molar-refractivity contribution in [1.29, 1.82) is 0 Å². The van der Waals surface area contributed by atoms with Gasteiger partial charge in [0.15, 0.2) is 5.82 Å². The summed E-state index contributed by atoms with van der Waals surface area (Å²) in [4.78, 5) is 14.8. The number of hydrogen-bond donors (Lipinski definition) is 2. The van der Waals surface area contributed by atoms with Crippen LogP contribution >= 0.6 is 0 Å². The third-order valence-electron chi connectivity index (χ3n) is 3.11. The van der Waals surface area contributed by atoms with Crippen LogP contribution in [0.1, 0.15) is 22.8 Å². The van der Waals surface area contributed by atoms with Crippen LogP contribution in [0.3, 0.4) is 0 Å². The molecule has 1 aromatic carbocycles. The fraction of sp³-hybridized carbons (Fsp3) is 0.214. The van der Waals surface area contributed by atoms with Crippen LogP contribution in [0.25, 0.3) is 0 Å². The Balaban J connectivity index is 2.45. The predicted molar refractivity (Wildman–Crippen MR) is 81.4 cm³/mol. The molecule has 124 valence electrons. The fourth-order valence-electron chi connectivity index (χ4n) is 1.99. The lowest BCUT2D eigenvalue weighted by molar-refractivity contribution is 0.103. The van der Waals surface area contributed by atoms with Crippen molar-refractivity contribution in [3.8, 4) is 0 Å². The number of halogens is 2. The molecule has 0 bridgehead atoms. The van der Waals surface area contributed by atoms with E-state index in [2.05, 4.69) is 10.4 Å². The van der Waals surface area contributed by atoms with E-state index in [9.17, 15) is 22.0 Å². The van der Waals surface area contributed by atoms with E-state index < -0.39 is 33.0 Å². The van der Waals surface area contributed by atoms with Crippen LogP contribution in [0.15, 0.2) is 30.6 Å². The predicted octanol–water partition coefficient (Wildman–Crippen LogP) is 2.13. The van der Waals surface area contributed by atoms with Crippen molar-refractivity contribution in [2.75, 3.05) is 18.2 Å². The highest BCUT2D eigenvalue weighted by atomic mass is 32.2. The molecule has 0 spiro atoms. The second-order valence-electron chi connectivity index (χ2n) is 4.75. The maximum Gasteiger partial charge on any atom is 0.227 e. The van der Waals surface area contributed by atoms with Crippen LogP contribution < -0.4 is 5.43 Å². The number of carbonyl (C=O) groups is 1. The van der Waals surface area contributed by atoms with Gasteiger partial charge in [0, 0.05) is 24.5 Å². The van der Waals surface area contributed by atoms with E-state index in [0.29, 0.717) is 0 Å². The first kappa shape index (κ1) is 17.1. The van der Waals surface area contributed by atoms with E-state index in [0.717, 1.165) is 22.8 Å². The minimum atomic E-state index is -3.64. The number of rotatable bonds is 6. The maximum atomic E-state index is 14.5. The first-order valence-electron chi connectivity index (χ1n) is 6.65. The fourth-order valence-corrected chi connectivity index (χ4v) is 2.72. The zero-order chi connectivity index (χ0) is 17.2. The summed E-state index contributed by atoms with van der Waals surface area (Å²) in [6, 6.07) is 3.32. The minimum Gasteiger partial charge on any atom is -0.367 e. The molecule has 1 heterocycles. The highest BCUT2D eigenvalue weighted by Gasteiger charge is 2.24. The van der Waals surface area contributed by atoms with Crippen LogP contribution in [-0.2, 0) is 10.0 Å². The van der Waals surface area contributed by atoms with Gasteiger partial charge in [-0.15, -0.1) is 4.41 Å². The summed E-state index contributed by atoms with van der Waals surface area (Å²) in [5.41, 5.74) is 1.38. The zero-order valence-corrected chi connectivity index (χ0v) is 13.2. The Morgan fingerprint density at radius 1 is 1.30 bits per heavy atom. The Labute approximate surface area is 132 Å². The number of nitrogens with zero attached hydrogens (tertiary/aromatic N) is 1. The quantitative estimate of drug-likeness (QED) is 0.622. The molecule has 0 amide bonds. The van der Waals surface area contributed by atoms with Crippen molar-refractivity contribution in [3.05, 3.63) is 53.4 Å². The van der Waals surface area contributed by atoms with Gasteiger partial charge in [0.25, 0.3) is 0 Å². The van der Waals surface area contributed by atoms with Gasteiger partial charge in [-0.3, -0.25) is 4.79 Å². The molecule has 2 aromatic rings. The number of benzene rings is 1. The number of nitrogens with one attached hydrogen (secondary N) is 2. The van der Waals surface area contributed by atoms with Gasteiger partial charge in [0.05, 0.1) is 17.5 Å². The Bertz CT molecular complexity index is 820. The average molecular weight is 343 g/mol. The van der Waals surface area contributed by atoms with Gasteiger partial charge in [0.2, 0.25) is 15.8 Å². The smallest absolute Gasteiger partial charge is 0.227 e. The van der Waals surface area contributed by atoms with Gasteiger partial charge in [-0.2, -0.15) is 0 Å². The monoisotopic (exact) mass is 343 g/mol. The number of anilines is 1. The summed E-state index contributed by atoms with van der Waals surface area (Å²) in [6.45, 7) is 1.57. The van der Waals surface area contributed by atoms with Gasteiger partial charge < -0.3 is 10.4 Å². The highest BCUT2D eigenvalue weighted by Crippen LogP contribution is 2.24. The molecule has 0 radical (unpaired) electrons. The van der Waals surface area contributed by atoms with Crippen LogP contribution in [0, 0.1) is 11.6 Å². The highest BCUT2D eigenvalue weighted by molar-refractivity contribution is 7.88.